The van der Waals surface area contributed by atoms with E-state index in [1.807, 2.05) is 6.07 Å². The molecule has 0 saturated heterocycles. The van der Waals surface area contributed by atoms with Gasteiger partial charge in [0.2, 0.25) is 5.91 Å². The molecule has 17 heavy (non-hydrogen) atoms. The average molecular weight is 233 g/mol. The van der Waals surface area contributed by atoms with Crippen LogP contribution < -0.4 is 10.1 Å². The number of hydrogen-bond acceptors (Lipinski definition) is 2. The predicted octanol–water partition coefficient (Wildman–Crippen LogP) is 2.08. The van der Waals surface area contributed by atoms with E-state index in [0.717, 1.165) is 31.4 Å². The second-order valence-corrected chi connectivity index (χ2v) is 4.63. The second-order valence-electron chi connectivity index (χ2n) is 4.63. The van der Waals surface area contributed by atoms with Gasteiger partial charge in [-0.05, 0) is 48.9 Å². The van der Waals surface area contributed by atoms with Crippen LogP contribution in [0.3, 0.4) is 0 Å². The highest BCUT2D eigenvalue weighted by Crippen LogP contribution is 2.24. The molecule has 1 N–H and O–H groups in total. The highest BCUT2D eigenvalue weighted by atomic mass is 16.5. The van der Waals surface area contributed by atoms with Crippen LogP contribution in [0.15, 0.2) is 18.2 Å². The van der Waals surface area contributed by atoms with Crippen molar-refractivity contribution in [3.8, 4) is 5.75 Å². The summed E-state index contributed by atoms with van der Waals surface area (Å²) in [5.41, 5.74) is 2.69. The number of fused-ring (bicyclic) bond motifs is 1. The summed E-state index contributed by atoms with van der Waals surface area (Å²) < 4.78 is 5.25. The molecule has 3 nitrogen and oxygen atoms in total. The van der Waals surface area contributed by atoms with E-state index in [2.05, 4.69) is 17.4 Å². The van der Waals surface area contributed by atoms with E-state index < -0.39 is 0 Å². The quantitative estimate of drug-likeness (QED) is 0.794. The highest BCUT2D eigenvalue weighted by molar-refractivity contribution is 5.73. The van der Waals surface area contributed by atoms with Gasteiger partial charge in [-0.3, -0.25) is 4.79 Å². The molecular weight excluding hydrogens is 214 g/mol. The zero-order valence-electron chi connectivity index (χ0n) is 10.5. The van der Waals surface area contributed by atoms with Gasteiger partial charge >= 0.3 is 0 Å². The first-order valence-corrected chi connectivity index (χ1v) is 6.12. The number of aryl methyl sites for hydroxylation is 1. The molecular formula is C14H19NO2. The summed E-state index contributed by atoms with van der Waals surface area (Å²) in [4.78, 5) is 11.1. The van der Waals surface area contributed by atoms with Gasteiger partial charge < -0.3 is 10.1 Å². The zero-order chi connectivity index (χ0) is 12.3. The maximum atomic E-state index is 11.1. The van der Waals surface area contributed by atoms with Crippen molar-refractivity contribution in [1.82, 2.24) is 5.32 Å². The smallest absolute Gasteiger partial charge is 0.217 e. The molecule has 1 aliphatic rings. The maximum absolute atomic E-state index is 11.1. The molecule has 2 rings (SSSR count). The third-order valence-corrected chi connectivity index (χ3v) is 3.29. The fourth-order valence-corrected chi connectivity index (χ4v) is 2.48. The Morgan fingerprint density at radius 1 is 1.41 bits per heavy atom. The minimum absolute atomic E-state index is 0.0568. The van der Waals surface area contributed by atoms with Crippen LogP contribution in [0.25, 0.3) is 0 Å². The van der Waals surface area contributed by atoms with Gasteiger partial charge in [0.1, 0.15) is 5.75 Å². The topological polar surface area (TPSA) is 38.3 Å². The summed E-state index contributed by atoms with van der Waals surface area (Å²) in [7, 11) is 1.68. The lowest BCUT2D eigenvalue weighted by Crippen LogP contribution is -2.34. The average Bonchev–Trinajstić information content (AvgIpc) is 2.48. The molecule has 0 bridgehead atoms. The molecule has 1 aromatic rings. The number of nitrogens with one attached hydrogen (secondary N) is 1. The number of ether oxygens (including phenoxy) is 1. The van der Waals surface area contributed by atoms with Crippen molar-refractivity contribution in [2.75, 3.05) is 7.11 Å². The minimum atomic E-state index is 0.0568. The molecule has 92 valence electrons. The van der Waals surface area contributed by atoms with E-state index in [1.54, 1.807) is 14.0 Å². The summed E-state index contributed by atoms with van der Waals surface area (Å²) >= 11 is 0. The molecule has 0 spiro atoms. The fraction of sp³-hybridized carbons (Fsp3) is 0.500. The van der Waals surface area contributed by atoms with Crippen molar-refractivity contribution >= 4 is 5.91 Å². The number of rotatable bonds is 2. The lowest BCUT2D eigenvalue weighted by molar-refractivity contribution is -0.119. The summed E-state index contributed by atoms with van der Waals surface area (Å²) in [6, 6.07) is 6.51. The standard InChI is InChI=1S/C14H19NO2/c1-10(16)15-13-5-3-4-11-6-7-14(17-2)9-12(11)8-13/h6-7,9,13H,3-5,8H2,1-2H3,(H,15,16)/t13-/m0/s1. The number of benzene rings is 1. The van der Waals surface area contributed by atoms with Crippen LogP contribution in [-0.2, 0) is 17.6 Å². The molecule has 0 heterocycles. The van der Waals surface area contributed by atoms with Gasteiger partial charge in [0, 0.05) is 13.0 Å². The predicted molar refractivity (Wildman–Crippen MR) is 67.2 cm³/mol. The van der Waals surface area contributed by atoms with Crippen molar-refractivity contribution in [1.29, 1.82) is 0 Å². The number of methoxy groups -OCH3 is 1. The molecule has 0 aromatic heterocycles. The van der Waals surface area contributed by atoms with E-state index >= 15 is 0 Å². The van der Waals surface area contributed by atoms with Gasteiger partial charge in [0.05, 0.1) is 7.11 Å². The molecule has 1 atom stereocenters. The SMILES string of the molecule is COc1ccc2c(c1)C[C@@H](NC(C)=O)CCC2. The summed E-state index contributed by atoms with van der Waals surface area (Å²) in [6.07, 6.45) is 4.18. The Kier molecular flexibility index (Phi) is 3.67. The Bertz CT molecular complexity index is 415. The first-order chi connectivity index (χ1) is 8.19. The summed E-state index contributed by atoms with van der Waals surface area (Å²) in [5, 5.41) is 3.02. The first-order valence-electron chi connectivity index (χ1n) is 6.12. The van der Waals surface area contributed by atoms with Gasteiger partial charge in [0.15, 0.2) is 0 Å². The van der Waals surface area contributed by atoms with Crippen LogP contribution in [0.5, 0.6) is 5.75 Å². The lowest BCUT2D eigenvalue weighted by Gasteiger charge is -2.16. The van der Waals surface area contributed by atoms with Crippen LogP contribution in [0.2, 0.25) is 0 Å². The molecule has 0 aliphatic heterocycles. The normalized spacial score (nSPS) is 19.1. The van der Waals surface area contributed by atoms with E-state index in [4.69, 9.17) is 4.74 Å². The largest absolute Gasteiger partial charge is 0.497 e. The van der Waals surface area contributed by atoms with Crippen molar-refractivity contribution in [3.05, 3.63) is 29.3 Å². The Morgan fingerprint density at radius 2 is 2.24 bits per heavy atom. The van der Waals surface area contributed by atoms with Gasteiger partial charge in [-0.15, -0.1) is 0 Å². The lowest BCUT2D eigenvalue weighted by atomic mass is 10.0. The molecule has 0 unspecified atom stereocenters. The van der Waals surface area contributed by atoms with E-state index in [0.29, 0.717) is 0 Å². The van der Waals surface area contributed by atoms with Crippen molar-refractivity contribution in [3.63, 3.8) is 0 Å². The van der Waals surface area contributed by atoms with Crippen LogP contribution >= 0.6 is 0 Å². The van der Waals surface area contributed by atoms with Crippen LogP contribution in [0.1, 0.15) is 30.9 Å². The van der Waals surface area contributed by atoms with Crippen LogP contribution in [0.4, 0.5) is 0 Å². The molecule has 1 aromatic carbocycles. The summed E-state index contributed by atoms with van der Waals surface area (Å²) in [6.45, 7) is 1.58. The third kappa shape index (κ3) is 2.99. The molecule has 1 amide bonds. The van der Waals surface area contributed by atoms with E-state index in [9.17, 15) is 4.79 Å². The number of carbonyl (C=O) groups excluding carboxylic acids is 1. The molecule has 0 radical (unpaired) electrons. The van der Waals surface area contributed by atoms with Gasteiger partial charge in [-0.2, -0.15) is 0 Å². The van der Waals surface area contributed by atoms with Gasteiger partial charge in [-0.25, -0.2) is 0 Å². The number of carbonyl (C=O) groups is 1. The first kappa shape index (κ1) is 12.0. The van der Waals surface area contributed by atoms with Crippen molar-refractivity contribution in [2.24, 2.45) is 0 Å². The highest BCUT2D eigenvalue weighted by Gasteiger charge is 2.17. The number of hydrogen-bond donors (Lipinski definition) is 1. The second kappa shape index (κ2) is 5.21. The van der Waals surface area contributed by atoms with Gasteiger partial charge in [-0.1, -0.05) is 6.07 Å². The maximum Gasteiger partial charge on any atom is 0.217 e. The summed E-state index contributed by atoms with van der Waals surface area (Å²) in [5.74, 6) is 0.952. The molecule has 0 saturated carbocycles. The van der Waals surface area contributed by atoms with Crippen LogP contribution in [0, 0.1) is 0 Å². The number of amides is 1. The molecule has 0 fully saturated rings. The Hall–Kier alpha value is -1.51. The van der Waals surface area contributed by atoms with E-state index in [-0.39, 0.29) is 11.9 Å². The Balaban J connectivity index is 2.19. The fourth-order valence-electron chi connectivity index (χ4n) is 2.48. The monoisotopic (exact) mass is 233 g/mol. The minimum Gasteiger partial charge on any atom is -0.497 e. The van der Waals surface area contributed by atoms with Crippen LogP contribution in [-0.4, -0.2) is 19.1 Å². The van der Waals surface area contributed by atoms with Crippen molar-refractivity contribution < 1.29 is 9.53 Å². The van der Waals surface area contributed by atoms with E-state index in [1.165, 1.54) is 11.1 Å². The van der Waals surface area contributed by atoms with Gasteiger partial charge in [0.25, 0.3) is 0 Å². The Labute approximate surface area is 102 Å². The molecule has 1 aliphatic carbocycles. The zero-order valence-corrected chi connectivity index (χ0v) is 10.5. The molecule has 3 heteroatoms. The van der Waals surface area contributed by atoms with Crippen molar-refractivity contribution in [2.45, 2.75) is 38.6 Å². The third-order valence-electron chi connectivity index (χ3n) is 3.29. The Morgan fingerprint density at radius 3 is 2.94 bits per heavy atom.